The fourth-order valence-corrected chi connectivity index (χ4v) is 5.50. The average molecular weight is 395 g/mol. The van der Waals surface area contributed by atoms with Gasteiger partial charge in [0.25, 0.3) is 0 Å². The van der Waals surface area contributed by atoms with E-state index in [1.165, 1.54) is 4.70 Å². The van der Waals surface area contributed by atoms with Crippen LogP contribution in [0.2, 0.25) is 0 Å². The lowest BCUT2D eigenvalue weighted by molar-refractivity contribution is 0.353. The van der Waals surface area contributed by atoms with Crippen LogP contribution in [0.3, 0.4) is 0 Å². The monoisotopic (exact) mass is 394 g/mol. The van der Waals surface area contributed by atoms with Crippen LogP contribution in [-0.4, -0.2) is 61.4 Å². The van der Waals surface area contributed by atoms with E-state index in [0.29, 0.717) is 13.1 Å². The van der Waals surface area contributed by atoms with Crippen molar-refractivity contribution in [2.75, 3.05) is 32.4 Å². The van der Waals surface area contributed by atoms with Crippen LogP contribution in [0.25, 0.3) is 10.2 Å². The third-order valence-corrected chi connectivity index (χ3v) is 8.37. The van der Waals surface area contributed by atoms with Gasteiger partial charge in [-0.3, -0.25) is 4.99 Å². The zero-order valence-electron chi connectivity index (χ0n) is 15.5. The number of thiazole rings is 1. The summed E-state index contributed by atoms with van der Waals surface area (Å²) in [5.41, 5.74) is 1.06. The Balaban J connectivity index is 1.52. The van der Waals surface area contributed by atoms with Crippen molar-refractivity contribution in [3.05, 3.63) is 29.3 Å². The van der Waals surface area contributed by atoms with Crippen molar-refractivity contribution >= 4 is 37.4 Å². The number of nitrogens with zero attached hydrogens (tertiary/aromatic N) is 3. The highest BCUT2D eigenvalue weighted by atomic mass is 32.2. The minimum atomic E-state index is -3.04. The Morgan fingerprint density at radius 2 is 2.15 bits per heavy atom. The van der Waals surface area contributed by atoms with Gasteiger partial charge < -0.3 is 10.2 Å². The first kappa shape index (κ1) is 19.1. The molecule has 1 aromatic heterocycles. The van der Waals surface area contributed by atoms with Crippen molar-refractivity contribution in [1.82, 2.24) is 15.2 Å². The number of guanidine groups is 1. The first-order valence-electron chi connectivity index (χ1n) is 8.85. The molecule has 0 spiro atoms. The molecule has 2 aromatic rings. The minimum Gasteiger partial charge on any atom is -0.356 e. The van der Waals surface area contributed by atoms with Gasteiger partial charge in [-0.1, -0.05) is 12.1 Å². The van der Waals surface area contributed by atoms with E-state index in [-0.39, 0.29) is 5.75 Å². The summed E-state index contributed by atoms with van der Waals surface area (Å²) in [6, 6.07) is 8.19. The van der Waals surface area contributed by atoms with Gasteiger partial charge in [0.1, 0.15) is 0 Å². The van der Waals surface area contributed by atoms with Crippen molar-refractivity contribution in [1.29, 1.82) is 0 Å². The van der Waals surface area contributed by atoms with E-state index >= 15 is 0 Å². The second kappa shape index (κ2) is 7.52. The van der Waals surface area contributed by atoms with Crippen LogP contribution < -0.4 is 5.32 Å². The zero-order valence-corrected chi connectivity index (χ0v) is 17.2. The van der Waals surface area contributed by atoms with Gasteiger partial charge in [-0.05, 0) is 32.4 Å². The van der Waals surface area contributed by atoms with Gasteiger partial charge in [0.05, 0.1) is 25.7 Å². The number of nitrogens with one attached hydrogen (secondary N) is 1. The normalized spacial score (nSPS) is 19.7. The molecule has 0 amide bonds. The second-order valence-electron chi connectivity index (χ2n) is 7.15. The molecule has 26 heavy (non-hydrogen) atoms. The van der Waals surface area contributed by atoms with Crippen LogP contribution in [-0.2, 0) is 16.3 Å². The van der Waals surface area contributed by atoms with E-state index in [1.807, 2.05) is 23.1 Å². The summed E-state index contributed by atoms with van der Waals surface area (Å²) in [5.74, 6) is 0.948. The van der Waals surface area contributed by atoms with E-state index in [0.717, 1.165) is 35.9 Å². The Labute approximate surface area is 159 Å². The first-order chi connectivity index (χ1) is 12.3. The van der Waals surface area contributed by atoms with Crippen molar-refractivity contribution in [3.63, 3.8) is 0 Å². The van der Waals surface area contributed by atoms with Crippen molar-refractivity contribution < 1.29 is 8.42 Å². The highest BCUT2D eigenvalue weighted by Gasteiger charge is 2.40. The molecule has 0 radical (unpaired) electrons. The summed E-state index contributed by atoms with van der Waals surface area (Å²) >= 11 is 1.74. The topological polar surface area (TPSA) is 74.7 Å². The summed E-state index contributed by atoms with van der Waals surface area (Å²) in [6.07, 6.45) is 1.87. The number of para-hydroxylation sites is 1. The lowest BCUT2D eigenvalue weighted by atomic mass is 10.2. The minimum absolute atomic E-state index is 0.173. The molecule has 1 fully saturated rings. The van der Waals surface area contributed by atoms with E-state index in [2.05, 4.69) is 21.4 Å². The molecule has 2 heterocycles. The van der Waals surface area contributed by atoms with Crippen LogP contribution in [0.1, 0.15) is 25.3 Å². The number of rotatable bonds is 4. The maximum atomic E-state index is 12.2. The molecule has 0 saturated carbocycles. The number of hydrogen-bond donors (Lipinski definition) is 1. The number of aryl methyl sites for hydroxylation is 1. The van der Waals surface area contributed by atoms with Gasteiger partial charge in [-0.25, -0.2) is 13.4 Å². The Morgan fingerprint density at radius 3 is 2.85 bits per heavy atom. The quantitative estimate of drug-likeness (QED) is 0.489. The molecule has 1 aromatic carbocycles. The maximum absolute atomic E-state index is 12.2. The summed E-state index contributed by atoms with van der Waals surface area (Å²) < 4.78 is 24.8. The Hall–Kier alpha value is -1.67. The molecular formula is C18H26N4O2S2. The molecule has 1 saturated heterocycles. The van der Waals surface area contributed by atoms with Gasteiger partial charge in [0.15, 0.2) is 15.8 Å². The molecule has 0 unspecified atom stereocenters. The van der Waals surface area contributed by atoms with Gasteiger partial charge >= 0.3 is 0 Å². The predicted molar refractivity (Wildman–Crippen MR) is 109 cm³/mol. The highest BCUT2D eigenvalue weighted by Crippen LogP contribution is 2.24. The third kappa shape index (κ3) is 4.01. The smallest absolute Gasteiger partial charge is 0.193 e. The Bertz CT molecular complexity index is 870. The average Bonchev–Trinajstić information content (AvgIpc) is 3.00. The first-order valence-corrected chi connectivity index (χ1v) is 11.3. The van der Waals surface area contributed by atoms with Crippen LogP contribution >= 0.6 is 11.3 Å². The zero-order chi connectivity index (χ0) is 18.8. The highest BCUT2D eigenvalue weighted by molar-refractivity contribution is 7.92. The maximum Gasteiger partial charge on any atom is 0.193 e. The summed E-state index contributed by atoms with van der Waals surface area (Å²) in [6.45, 7) is 5.31. The Morgan fingerprint density at radius 1 is 1.38 bits per heavy atom. The molecule has 142 valence electrons. The SMILES string of the molecule is CN=C(NCCCc1nc2ccccc2s1)N1CCS(=O)(=O)C(C)(C)C1. The van der Waals surface area contributed by atoms with E-state index in [1.54, 1.807) is 32.2 Å². The van der Waals surface area contributed by atoms with Gasteiger partial charge in [0, 0.05) is 33.1 Å². The van der Waals surface area contributed by atoms with Gasteiger partial charge in [-0.15, -0.1) is 11.3 Å². The molecule has 6 nitrogen and oxygen atoms in total. The summed E-state index contributed by atoms with van der Waals surface area (Å²) in [7, 11) is -1.30. The molecule has 1 aliphatic heterocycles. The number of sulfone groups is 1. The van der Waals surface area contributed by atoms with Gasteiger partial charge in [-0.2, -0.15) is 0 Å². The summed E-state index contributed by atoms with van der Waals surface area (Å²) in [4.78, 5) is 11.0. The van der Waals surface area contributed by atoms with Crippen molar-refractivity contribution in [2.45, 2.75) is 31.4 Å². The third-order valence-electron chi connectivity index (χ3n) is 4.74. The second-order valence-corrected chi connectivity index (χ2v) is 11.0. The largest absolute Gasteiger partial charge is 0.356 e. The molecule has 1 aliphatic rings. The number of aliphatic imine (C=N–C) groups is 1. The molecule has 0 aliphatic carbocycles. The van der Waals surface area contributed by atoms with E-state index < -0.39 is 14.6 Å². The molecule has 8 heteroatoms. The van der Waals surface area contributed by atoms with E-state index in [4.69, 9.17) is 0 Å². The molecule has 1 N–H and O–H groups in total. The number of benzene rings is 1. The van der Waals surface area contributed by atoms with E-state index in [9.17, 15) is 8.42 Å². The molecular weight excluding hydrogens is 368 g/mol. The fourth-order valence-electron chi connectivity index (χ4n) is 3.12. The molecule has 0 atom stereocenters. The standard InChI is InChI=1S/C18H26N4O2S2/c1-18(2)13-22(11-12-26(18,23)24)17(19-3)20-10-6-9-16-21-14-7-4-5-8-15(14)25-16/h4-5,7-8H,6,9-13H2,1-3H3,(H,19,20). The number of fused-ring (bicyclic) bond motifs is 1. The summed E-state index contributed by atoms with van der Waals surface area (Å²) in [5, 5.41) is 4.51. The lowest BCUT2D eigenvalue weighted by Gasteiger charge is -2.39. The number of aromatic nitrogens is 1. The van der Waals surface area contributed by atoms with Crippen LogP contribution in [0.5, 0.6) is 0 Å². The van der Waals surface area contributed by atoms with Crippen LogP contribution in [0.15, 0.2) is 29.3 Å². The van der Waals surface area contributed by atoms with Crippen molar-refractivity contribution in [2.24, 2.45) is 4.99 Å². The molecule has 3 rings (SSSR count). The van der Waals surface area contributed by atoms with Crippen LogP contribution in [0.4, 0.5) is 0 Å². The fraction of sp³-hybridized carbons (Fsp3) is 0.556. The lowest BCUT2D eigenvalue weighted by Crippen LogP contribution is -2.57. The Kier molecular flexibility index (Phi) is 5.53. The number of hydrogen-bond acceptors (Lipinski definition) is 5. The van der Waals surface area contributed by atoms with Crippen molar-refractivity contribution in [3.8, 4) is 0 Å². The predicted octanol–water partition coefficient (Wildman–Crippen LogP) is 2.31. The van der Waals surface area contributed by atoms with Gasteiger partial charge in [0.2, 0.25) is 0 Å². The molecule has 0 bridgehead atoms. The van der Waals surface area contributed by atoms with Crippen LogP contribution in [0, 0.1) is 0 Å².